The molecule has 6 heteroatoms. The van der Waals surface area contributed by atoms with E-state index in [4.69, 9.17) is 0 Å². The minimum absolute atomic E-state index is 0.0855. The van der Waals surface area contributed by atoms with E-state index in [1.54, 1.807) is 11.8 Å². The summed E-state index contributed by atoms with van der Waals surface area (Å²) < 4.78 is 0. The van der Waals surface area contributed by atoms with Crippen LogP contribution in [0.2, 0.25) is 0 Å². The van der Waals surface area contributed by atoms with E-state index in [1.165, 1.54) is 32.1 Å². The van der Waals surface area contributed by atoms with Crippen LogP contribution in [0.15, 0.2) is 6.07 Å². The van der Waals surface area contributed by atoms with Crippen LogP contribution in [-0.2, 0) is 4.79 Å². The average molecular weight is 365 g/mol. The molecule has 0 radical (unpaired) electrons. The summed E-state index contributed by atoms with van der Waals surface area (Å²) in [6, 6.07) is 1.97. The number of carbonyl (C=O) groups excluding carboxylic acids is 1. The van der Waals surface area contributed by atoms with E-state index < -0.39 is 0 Å². The number of aryl methyl sites for hydroxylation is 2. The number of hydrogen-bond donors (Lipinski definition) is 2. The molecule has 1 aromatic rings. The molecule has 1 heterocycles. The van der Waals surface area contributed by atoms with Gasteiger partial charge < -0.3 is 10.6 Å². The van der Waals surface area contributed by atoms with Crippen molar-refractivity contribution in [3.8, 4) is 0 Å². The van der Waals surface area contributed by atoms with Crippen LogP contribution in [0.3, 0.4) is 0 Å². The summed E-state index contributed by atoms with van der Waals surface area (Å²) in [5.41, 5.74) is 1.83. The molecular weight excluding hydrogens is 332 g/mol. The third kappa shape index (κ3) is 7.22. The number of anilines is 1. The van der Waals surface area contributed by atoms with E-state index in [0.717, 1.165) is 36.4 Å². The number of carbonyl (C=O) groups is 1. The van der Waals surface area contributed by atoms with Gasteiger partial charge in [0.2, 0.25) is 11.9 Å². The molecule has 1 aliphatic carbocycles. The van der Waals surface area contributed by atoms with Gasteiger partial charge in [0, 0.05) is 17.4 Å². The highest BCUT2D eigenvalue weighted by Crippen LogP contribution is 2.18. The molecule has 2 rings (SSSR count). The van der Waals surface area contributed by atoms with Crippen molar-refractivity contribution in [1.82, 2.24) is 15.3 Å². The fraction of sp³-hybridized carbons (Fsp3) is 0.737. The van der Waals surface area contributed by atoms with Crippen molar-refractivity contribution >= 4 is 23.6 Å². The van der Waals surface area contributed by atoms with Crippen LogP contribution in [0, 0.1) is 13.8 Å². The summed E-state index contributed by atoms with van der Waals surface area (Å²) in [4.78, 5) is 21.7. The molecule has 0 aliphatic heterocycles. The predicted molar refractivity (Wildman–Crippen MR) is 106 cm³/mol. The smallest absolute Gasteiger partial charge is 0.242 e. The normalized spacial score (nSPS) is 17.4. The molecule has 0 bridgehead atoms. The van der Waals surface area contributed by atoms with Gasteiger partial charge in [-0.3, -0.25) is 4.79 Å². The lowest BCUT2D eigenvalue weighted by molar-refractivity contribution is -0.122. The summed E-state index contributed by atoms with van der Waals surface area (Å²) in [5.74, 6) is 1.57. The van der Waals surface area contributed by atoms with Gasteiger partial charge in [0.15, 0.2) is 0 Å². The van der Waals surface area contributed by atoms with Gasteiger partial charge >= 0.3 is 0 Å². The van der Waals surface area contributed by atoms with Crippen molar-refractivity contribution in [1.29, 1.82) is 0 Å². The molecule has 1 amide bonds. The van der Waals surface area contributed by atoms with Gasteiger partial charge in [-0.25, -0.2) is 9.97 Å². The first kappa shape index (κ1) is 20.0. The van der Waals surface area contributed by atoms with Gasteiger partial charge in [0.05, 0.1) is 0 Å². The molecule has 5 nitrogen and oxygen atoms in total. The molecule has 1 unspecified atom stereocenters. The van der Waals surface area contributed by atoms with E-state index >= 15 is 0 Å². The number of aromatic nitrogens is 2. The Bertz CT molecular complexity index is 524. The van der Waals surface area contributed by atoms with Crippen LogP contribution in [0.5, 0.6) is 0 Å². The largest absolute Gasteiger partial charge is 0.352 e. The Morgan fingerprint density at radius 3 is 2.36 bits per heavy atom. The Balaban J connectivity index is 2.00. The van der Waals surface area contributed by atoms with Crippen LogP contribution < -0.4 is 10.6 Å². The molecule has 0 spiro atoms. The van der Waals surface area contributed by atoms with Crippen molar-refractivity contribution in [2.24, 2.45) is 0 Å². The summed E-state index contributed by atoms with van der Waals surface area (Å²) >= 11 is 1.76. The van der Waals surface area contributed by atoms with Gasteiger partial charge in [0.25, 0.3) is 0 Å². The maximum absolute atomic E-state index is 12.9. The number of rotatable bonds is 7. The van der Waals surface area contributed by atoms with Gasteiger partial charge in [0.1, 0.15) is 6.04 Å². The molecule has 1 fully saturated rings. The zero-order valence-electron chi connectivity index (χ0n) is 15.8. The zero-order valence-corrected chi connectivity index (χ0v) is 16.6. The maximum atomic E-state index is 12.9. The molecule has 1 atom stereocenters. The van der Waals surface area contributed by atoms with Gasteiger partial charge in [-0.05, 0) is 51.2 Å². The number of thioether (sulfide) groups is 1. The third-order valence-electron chi connectivity index (χ3n) is 4.66. The third-order valence-corrected chi connectivity index (χ3v) is 5.31. The highest BCUT2D eigenvalue weighted by molar-refractivity contribution is 7.98. The molecule has 0 saturated heterocycles. The van der Waals surface area contributed by atoms with Crippen molar-refractivity contribution < 1.29 is 4.79 Å². The monoisotopic (exact) mass is 364 g/mol. The Morgan fingerprint density at radius 1 is 1.16 bits per heavy atom. The second kappa shape index (κ2) is 10.6. The summed E-state index contributed by atoms with van der Waals surface area (Å²) in [5, 5.41) is 6.54. The average Bonchev–Trinajstić information content (AvgIpc) is 2.52. The standard InChI is InChI=1S/C19H32N4OS/c1-14-13-15(2)21-19(20-14)23-17(11-12-25-3)18(24)22-16-9-7-5-4-6-8-10-16/h13,16-17H,4-12H2,1-3H3,(H,22,24)(H,20,21,23). The minimum Gasteiger partial charge on any atom is -0.352 e. The molecule has 25 heavy (non-hydrogen) atoms. The zero-order chi connectivity index (χ0) is 18.1. The highest BCUT2D eigenvalue weighted by Gasteiger charge is 2.22. The van der Waals surface area contributed by atoms with Crippen molar-refractivity contribution in [2.75, 3.05) is 17.3 Å². The molecule has 140 valence electrons. The lowest BCUT2D eigenvalue weighted by atomic mass is 9.96. The summed E-state index contributed by atoms with van der Waals surface area (Å²) in [6.07, 6.45) is 11.4. The summed E-state index contributed by atoms with van der Waals surface area (Å²) in [6.45, 7) is 3.90. The van der Waals surface area contributed by atoms with E-state index in [0.29, 0.717) is 12.0 Å². The molecular formula is C19H32N4OS. The molecule has 1 aromatic heterocycles. The Labute approximate surface area is 156 Å². The van der Waals surface area contributed by atoms with Crippen LogP contribution >= 0.6 is 11.8 Å². The Kier molecular flexibility index (Phi) is 8.52. The number of nitrogens with zero attached hydrogens (tertiary/aromatic N) is 2. The van der Waals surface area contributed by atoms with Crippen molar-refractivity contribution in [3.05, 3.63) is 17.5 Å². The predicted octanol–water partition coefficient (Wildman–Crippen LogP) is 3.86. The number of amides is 1. The Morgan fingerprint density at radius 2 is 1.76 bits per heavy atom. The second-order valence-corrected chi connectivity index (χ2v) is 7.99. The van der Waals surface area contributed by atoms with Crippen LogP contribution in [0.4, 0.5) is 5.95 Å². The quantitative estimate of drug-likeness (QED) is 0.769. The van der Waals surface area contributed by atoms with Crippen molar-refractivity contribution in [3.63, 3.8) is 0 Å². The first-order valence-electron chi connectivity index (χ1n) is 9.46. The van der Waals surface area contributed by atoms with Crippen molar-refractivity contribution in [2.45, 2.75) is 77.3 Å². The maximum Gasteiger partial charge on any atom is 0.242 e. The highest BCUT2D eigenvalue weighted by atomic mass is 32.2. The molecule has 1 aliphatic rings. The Hall–Kier alpha value is -1.30. The van der Waals surface area contributed by atoms with E-state index in [-0.39, 0.29) is 11.9 Å². The van der Waals surface area contributed by atoms with Gasteiger partial charge in [-0.1, -0.05) is 32.1 Å². The fourth-order valence-corrected chi connectivity index (χ4v) is 3.82. The van der Waals surface area contributed by atoms with Gasteiger partial charge in [-0.2, -0.15) is 11.8 Å². The molecule has 1 saturated carbocycles. The minimum atomic E-state index is -0.279. The lowest BCUT2D eigenvalue weighted by Crippen LogP contribution is -2.45. The lowest BCUT2D eigenvalue weighted by Gasteiger charge is -2.25. The summed E-state index contributed by atoms with van der Waals surface area (Å²) in [7, 11) is 0. The first-order valence-corrected chi connectivity index (χ1v) is 10.9. The van der Waals surface area contributed by atoms with E-state index in [9.17, 15) is 4.79 Å². The number of hydrogen-bond acceptors (Lipinski definition) is 5. The second-order valence-electron chi connectivity index (χ2n) is 7.00. The van der Waals surface area contributed by atoms with E-state index in [1.807, 2.05) is 19.9 Å². The van der Waals surface area contributed by atoms with Crippen LogP contribution in [0.1, 0.15) is 62.8 Å². The van der Waals surface area contributed by atoms with Crippen LogP contribution in [0.25, 0.3) is 0 Å². The molecule has 0 aromatic carbocycles. The first-order chi connectivity index (χ1) is 12.1. The van der Waals surface area contributed by atoms with Crippen LogP contribution in [-0.4, -0.2) is 40.0 Å². The van der Waals surface area contributed by atoms with E-state index in [2.05, 4.69) is 26.9 Å². The molecule has 2 N–H and O–H groups in total. The number of nitrogens with one attached hydrogen (secondary N) is 2. The topological polar surface area (TPSA) is 66.9 Å². The van der Waals surface area contributed by atoms with Gasteiger partial charge in [-0.15, -0.1) is 0 Å². The SMILES string of the molecule is CSCCC(Nc1nc(C)cc(C)n1)C(=O)NC1CCCCCCC1. The fourth-order valence-electron chi connectivity index (χ4n) is 3.35.